The lowest BCUT2D eigenvalue weighted by molar-refractivity contribution is 0.780. The van der Waals surface area contributed by atoms with Crippen LogP contribution in [0.15, 0.2) is 218 Å². The summed E-state index contributed by atoms with van der Waals surface area (Å²) in [6.45, 7) is 4.52. The Balaban J connectivity index is 1.07. The predicted octanol–water partition coefficient (Wildman–Crippen LogP) is 15.8. The van der Waals surface area contributed by atoms with E-state index in [1.807, 2.05) is 0 Å². The van der Waals surface area contributed by atoms with Crippen molar-refractivity contribution in [1.82, 2.24) is 0 Å². The zero-order valence-electron chi connectivity index (χ0n) is 32.5. The lowest BCUT2D eigenvalue weighted by atomic mass is 9.80. The molecule has 274 valence electrons. The molecule has 0 amide bonds. The predicted molar refractivity (Wildman–Crippen MR) is 244 cm³/mol. The lowest BCUT2D eigenvalue weighted by Gasteiger charge is -2.26. The van der Waals surface area contributed by atoms with E-state index >= 15 is 0 Å². The Labute approximate surface area is 337 Å². The largest absolute Gasteiger partial charge is 0.311 e. The van der Waals surface area contributed by atoms with Gasteiger partial charge in [0, 0.05) is 23.0 Å². The third kappa shape index (κ3) is 7.17. The second-order valence-corrected chi connectivity index (χ2v) is 14.8. The molecule has 1 unspecified atom stereocenters. The minimum Gasteiger partial charge on any atom is -0.311 e. The number of nitrogens with zero attached hydrogens (tertiary/aromatic N) is 1. The van der Waals surface area contributed by atoms with Gasteiger partial charge in [-0.25, -0.2) is 0 Å². The molecule has 1 atom stereocenters. The van der Waals surface area contributed by atoms with E-state index in [9.17, 15) is 0 Å². The maximum absolute atomic E-state index is 2.35. The normalized spacial score (nSPS) is 11.7. The van der Waals surface area contributed by atoms with Gasteiger partial charge in [0.05, 0.1) is 0 Å². The molecule has 0 saturated carbocycles. The van der Waals surface area contributed by atoms with Gasteiger partial charge < -0.3 is 4.90 Å². The van der Waals surface area contributed by atoms with Gasteiger partial charge in [-0.05, 0) is 134 Å². The second-order valence-electron chi connectivity index (χ2n) is 14.8. The van der Waals surface area contributed by atoms with E-state index < -0.39 is 0 Å². The molecule has 9 aromatic rings. The number of hydrogen-bond donors (Lipinski definition) is 0. The molecule has 57 heavy (non-hydrogen) atoms. The number of rotatable bonds is 10. The molecule has 0 fully saturated rings. The van der Waals surface area contributed by atoms with Gasteiger partial charge in [-0.1, -0.05) is 177 Å². The van der Waals surface area contributed by atoms with Gasteiger partial charge in [-0.3, -0.25) is 0 Å². The van der Waals surface area contributed by atoms with Gasteiger partial charge in [0.15, 0.2) is 0 Å². The maximum Gasteiger partial charge on any atom is 0.0462 e. The molecule has 9 rings (SSSR count). The lowest BCUT2D eigenvalue weighted by Crippen LogP contribution is -2.09. The van der Waals surface area contributed by atoms with Crippen molar-refractivity contribution < 1.29 is 0 Å². The molecule has 0 aromatic heterocycles. The van der Waals surface area contributed by atoms with Crippen molar-refractivity contribution in [2.75, 3.05) is 4.90 Å². The molecule has 0 radical (unpaired) electrons. The van der Waals surface area contributed by atoms with Crippen LogP contribution in [-0.4, -0.2) is 0 Å². The fourth-order valence-corrected chi connectivity index (χ4v) is 8.54. The summed E-state index contributed by atoms with van der Waals surface area (Å²) in [7, 11) is 0. The highest BCUT2D eigenvalue weighted by Crippen LogP contribution is 2.42. The first kappa shape index (κ1) is 35.7. The van der Waals surface area contributed by atoms with Gasteiger partial charge in [-0.2, -0.15) is 0 Å². The molecule has 9 aromatic carbocycles. The van der Waals surface area contributed by atoms with E-state index in [0.717, 1.165) is 23.5 Å². The third-order valence-electron chi connectivity index (χ3n) is 11.4. The quantitative estimate of drug-likeness (QED) is 0.135. The standard InChI is InChI=1S/C56H45N/c1-3-49(54-28-16-17-29-55(54)50-24-12-10-18-40(50)2)53-27-15-14-25-51(53)43-32-36-48(37-33-43)57(46-22-8-5-9-23-46)47-34-30-41(31-35-47)45-38-44-21-11-13-26-52(44)56(39-45)42-19-6-4-7-20-42/h4-39,49H,3H2,1-2H3. The van der Waals surface area contributed by atoms with Crippen LogP contribution in [0.5, 0.6) is 0 Å². The van der Waals surface area contributed by atoms with E-state index in [-0.39, 0.29) is 5.92 Å². The van der Waals surface area contributed by atoms with Crippen LogP contribution in [0.1, 0.15) is 36.0 Å². The van der Waals surface area contributed by atoms with E-state index in [1.165, 1.54) is 72.0 Å². The third-order valence-corrected chi connectivity index (χ3v) is 11.4. The SMILES string of the molecule is CCC(c1ccccc1-c1ccc(N(c2ccccc2)c2ccc(-c3cc(-c4ccccc4)c4ccccc4c3)cc2)cc1)c1ccccc1-c1ccccc1C. The van der Waals surface area contributed by atoms with Crippen LogP contribution in [0.2, 0.25) is 0 Å². The van der Waals surface area contributed by atoms with Gasteiger partial charge >= 0.3 is 0 Å². The highest BCUT2D eigenvalue weighted by molar-refractivity contribution is 6.00. The second kappa shape index (κ2) is 16.0. The molecule has 0 heterocycles. The summed E-state index contributed by atoms with van der Waals surface area (Å²) in [4.78, 5) is 2.35. The van der Waals surface area contributed by atoms with Crippen LogP contribution < -0.4 is 4.90 Å². The summed E-state index contributed by atoms with van der Waals surface area (Å²) in [5.41, 5.74) is 17.4. The first-order valence-electron chi connectivity index (χ1n) is 20.0. The summed E-state index contributed by atoms with van der Waals surface area (Å²) in [5, 5.41) is 2.51. The molecule has 0 aliphatic carbocycles. The monoisotopic (exact) mass is 731 g/mol. The van der Waals surface area contributed by atoms with Gasteiger partial charge in [-0.15, -0.1) is 0 Å². The van der Waals surface area contributed by atoms with E-state index in [2.05, 4.69) is 237 Å². The molecule has 0 N–H and O–H groups in total. The Morgan fingerprint density at radius 3 is 1.53 bits per heavy atom. The Morgan fingerprint density at radius 1 is 0.368 bits per heavy atom. The molecule has 0 aliphatic heterocycles. The molecule has 0 bridgehead atoms. The summed E-state index contributed by atoms with van der Waals surface area (Å²) < 4.78 is 0. The topological polar surface area (TPSA) is 3.24 Å². The van der Waals surface area contributed by atoms with E-state index in [1.54, 1.807) is 0 Å². The molecule has 1 heteroatoms. The van der Waals surface area contributed by atoms with Crippen molar-refractivity contribution in [3.05, 3.63) is 235 Å². The number of aryl methyl sites for hydroxylation is 1. The van der Waals surface area contributed by atoms with E-state index in [4.69, 9.17) is 0 Å². The fourth-order valence-electron chi connectivity index (χ4n) is 8.54. The van der Waals surface area contributed by atoms with Gasteiger partial charge in [0.1, 0.15) is 0 Å². The van der Waals surface area contributed by atoms with Crippen molar-refractivity contribution in [2.24, 2.45) is 0 Å². The number of benzene rings is 9. The highest BCUT2D eigenvalue weighted by Gasteiger charge is 2.21. The highest BCUT2D eigenvalue weighted by atomic mass is 15.1. The average Bonchev–Trinajstić information content (AvgIpc) is 3.28. The zero-order chi connectivity index (χ0) is 38.6. The molecule has 0 saturated heterocycles. The minimum absolute atomic E-state index is 0.252. The smallest absolute Gasteiger partial charge is 0.0462 e. The van der Waals surface area contributed by atoms with E-state index in [0.29, 0.717) is 0 Å². The molecule has 0 spiro atoms. The van der Waals surface area contributed by atoms with Crippen molar-refractivity contribution >= 4 is 27.8 Å². The van der Waals surface area contributed by atoms with Crippen LogP contribution in [-0.2, 0) is 0 Å². The number of fused-ring (bicyclic) bond motifs is 1. The minimum atomic E-state index is 0.252. The molecule has 1 nitrogen and oxygen atoms in total. The Morgan fingerprint density at radius 2 is 0.860 bits per heavy atom. The summed E-state index contributed by atoms with van der Waals surface area (Å²) in [6, 6.07) is 79.5. The summed E-state index contributed by atoms with van der Waals surface area (Å²) in [5.74, 6) is 0.252. The van der Waals surface area contributed by atoms with Crippen molar-refractivity contribution in [3.63, 3.8) is 0 Å². The number of hydrogen-bond acceptors (Lipinski definition) is 1. The summed E-state index contributed by atoms with van der Waals surface area (Å²) in [6.07, 6.45) is 1.00. The average molecular weight is 732 g/mol. The van der Waals surface area contributed by atoms with Gasteiger partial charge in [0.25, 0.3) is 0 Å². The zero-order valence-corrected chi connectivity index (χ0v) is 32.5. The van der Waals surface area contributed by atoms with Gasteiger partial charge in [0.2, 0.25) is 0 Å². The first-order chi connectivity index (χ1) is 28.2. The molecular formula is C56H45N. The van der Waals surface area contributed by atoms with Crippen LogP contribution in [0.25, 0.3) is 55.3 Å². The van der Waals surface area contributed by atoms with Crippen molar-refractivity contribution in [3.8, 4) is 44.5 Å². The summed E-state index contributed by atoms with van der Waals surface area (Å²) >= 11 is 0. The Kier molecular flexibility index (Phi) is 10.0. The maximum atomic E-state index is 2.35. The number of anilines is 3. The molecular weight excluding hydrogens is 687 g/mol. The van der Waals surface area contributed by atoms with Crippen molar-refractivity contribution in [2.45, 2.75) is 26.2 Å². The number of para-hydroxylation sites is 1. The van der Waals surface area contributed by atoms with Crippen LogP contribution in [0.4, 0.5) is 17.1 Å². The Bertz CT molecular complexity index is 2770. The van der Waals surface area contributed by atoms with Crippen LogP contribution in [0.3, 0.4) is 0 Å². The van der Waals surface area contributed by atoms with Crippen LogP contribution >= 0.6 is 0 Å². The van der Waals surface area contributed by atoms with Crippen molar-refractivity contribution in [1.29, 1.82) is 0 Å². The first-order valence-corrected chi connectivity index (χ1v) is 20.0. The van der Waals surface area contributed by atoms with Crippen LogP contribution in [0, 0.1) is 6.92 Å². The molecule has 0 aliphatic rings. The Hall–Kier alpha value is -6.96. The fraction of sp³-hybridized carbons (Fsp3) is 0.0714.